The van der Waals surface area contributed by atoms with Crippen LogP contribution >= 0.6 is 15.4 Å². The molecule has 206 valence electrons. The van der Waals surface area contributed by atoms with Crippen LogP contribution in [0.2, 0.25) is 0 Å². The van der Waals surface area contributed by atoms with E-state index in [0.717, 1.165) is 31.3 Å². The largest absolute Gasteiger partial charge is 0.479 e. The van der Waals surface area contributed by atoms with E-state index in [-0.39, 0.29) is 12.4 Å². The van der Waals surface area contributed by atoms with E-state index >= 15 is 0 Å². The van der Waals surface area contributed by atoms with Crippen LogP contribution in [0.5, 0.6) is 0 Å². The Morgan fingerprint density at radius 2 is 1.42 bits per heavy atom. The van der Waals surface area contributed by atoms with Gasteiger partial charge in [0.2, 0.25) is 0 Å². The topological polar surface area (TPSA) is 110 Å². The van der Waals surface area contributed by atoms with Gasteiger partial charge in [0.15, 0.2) is 5.78 Å². The molecule has 2 aromatic carbocycles. The van der Waals surface area contributed by atoms with Gasteiger partial charge in [0, 0.05) is 11.1 Å². The number of carbonyl (C=O) groups is 1. The Morgan fingerprint density at radius 3 is 2.08 bits per heavy atom. The van der Waals surface area contributed by atoms with Crippen LogP contribution in [0.15, 0.2) is 89.5 Å². The van der Waals surface area contributed by atoms with Gasteiger partial charge >= 0.3 is 15.4 Å². The van der Waals surface area contributed by atoms with Gasteiger partial charge in [-0.3, -0.25) is 13.9 Å². The molecule has 2 aromatic rings. The summed E-state index contributed by atoms with van der Waals surface area (Å²) in [7, 11) is -9.34. The second-order valence-electron chi connectivity index (χ2n) is 9.50. The number of benzene rings is 2. The average molecular weight is 561 g/mol. The molecule has 0 aliphatic carbocycles. The summed E-state index contributed by atoms with van der Waals surface area (Å²) in [6.07, 6.45) is 9.13. The fourth-order valence-corrected chi connectivity index (χ4v) is 6.25. The number of phosphoric ester groups is 1. The lowest BCUT2D eigenvalue weighted by Gasteiger charge is -2.16. The van der Waals surface area contributed by atoms with Crippen LogP contribution in [0, 0.1) is 0 Å². The number of phosphoric acid groups is 1. The first-order valence-corrected chi connectivity index (χ1v) is 15.8. The molecule has 2 N–H and O–H groups in total. The first-order valence-electron chi connectivity index (χ1n) is 12.5. The van der Waals surface area contributed by atoms with Crippen molar-refractivity contribution in [2.24, 2.45) is 0 Å². The quantitative estimate of drug-likeness (QED) is 0.128. The van der Waals surface area contributed by atoms with E-state index in [4.69, 9.17) is 4.52 Å². The van der Waals surface area contributed by atoms with Crippen LogP contribution < -0.4 is 0 Å². The Hall–Kier alpha value is -2.37. The molecule has 2 unspecified atom stereocenters. The summed E-state index contributed by atoms with van der Waals surface area (Å²) in [5, 5.41) is 0. The molecule has 0 heterocycles. The second-order valence-corrected chi connectivity index (χ2v) is 12.9. The summed E-state index contributed by atoms with van der Waals surface area (Å²) < 4.78 is 34.4. The molecule has 0 saturated carbocycles. The average Bonchev–Trinajstić information content (AvgIpc) is 2.83. The van der Waals surface area contributed by atoms with E-state index < -0.39 is 21.6 Å². The molecule has 0 saturated heterocycles. The number of rotatable bonds is 15. The SMILES string of the molecule is CC(C)=CCC/C(C)=C/CC/C(C)=C/COP(=O)(O)OP(=O)(O)Cc1cccc(C(=O)c2ccccc2)c1. The minimum atomic E-state index is -4.79. The van der Waals surface area contributed by atoms with Gasteiger partial charge in [-0.2, -0.15) is 0 Å². The number of ketones is 1. The van der Waals surface area contributed by atoms with Crippen molar-refractivity contribution in [1.82, 2.24) is 0 Å². The van der Waals surface area contributed by atoms with Crippen molar-refractivity contribution in [2.45, 2.75) is 59.5 Å². The zero-order valence-corrected chi connectivity index (χ0v) is 24.3. The van der Waals surface area contributed by atoms with Gasteiger partial charge in [0.05, 0.1) is 12.8 Å². The van der Waals surface area contributed by atoms with E-state index in [1.54, 1.807) is 54.6 Å². The highest BCUT2D eigenvalue weighted by Crippen LogP contribution is 2.61. The molecule has 9 heteroatoms. The van der Waals surface area contributed by atoms with Gasteiger partial charge in [0.25, 0.3) is 0 Å². The number of allylic oxidation sites excluding steroid dienone is 5. The van der Waals surface area contributed by atoms with E-state index in [1.807, 2.05) is 6.92 Å². The van der Waals surface area contributed by atoms with Crippen LogP contribution in [0.1, 0.15) is 74.9 Å². The standard InChI is InChI=1S/C29H38O7P2/c1-23(2)11-8-12-24(3)13-9-14-25(4)19-20-35-38(33,34)36-37(31,32)22-26-15-10-18-28(21-26)29(30)27-16-6-5-7-17-27/h5-7,10-11,13,15-19,21H,8-9,12,14,20,22H2,1-4H3,(H,31,32)(H,33,34)/b24-13+,25-19+. The smallest absolute Gasteiger partial charge is 0.324 e. The second kappa shape index (κ2) is 15.3. The fourth-order valence-electron chi connectivity index (χ4n) is 3.62. The van der Waals surface area contributed by atoms with E-state index in [2.05, 4.69) is 37.2 Å². The van der Waals surface area contributed by atoms with Crippen LogP contribution in [0.3, 0.4) is 0 Å². The summed E-state index contributed by atoms with van der Waals surface area (Å²) in [4.78, 5) is 32.9. The molecule has 0 aromatic heterocycles. The minimum Gasteiger partial charge on any atom is -0.324 e. The lowest BCUT2D eigenvalue weighted by molar-refractivity contribution is 0.103. The molecule has 0 aliphatic rings. The third-order valence-corrected chi connectivity index (χ3v) is 8.72. The molecule has 0 amide bonds. The zero-order valence-electron chi connectivity index (χ0n) is 22.5. The summed E-state index contributed by atoms with van der Waals surface area (Å²) in [6.45, 7) is 7.93. The highest BCUT2D eigenvalue weighted by molar-refractivity contribution is 7.63. The van der Waals surface area contributed by atoms with Gasteiger partial charge < -0.3 is 9.79 Å². The van der Waals surface area contributed by atoms with Gasteiger partial charge in [-0.25, -0.2) is 8.88 Å². The van der Waals surface area contributed by atoms with Crippen molar-refractivity contribution in [3.63, 3.8) is 0 Å². The van der Waals surface area contributed by atoms with Crippen LogP contribution in [-0.4, -0.2) is 22.2 Å². The van der Waals surface area contributed by atoms with E-state index in [9.17, 15) is 23.7 Å². The van der Waals surface area contributed by atoms with Crippen molar-refractivity contribution in [2.75, 3.05) is 6.61 Å². The number of hydrogen-bond acceptors (Lipinski definition) is 5. The highest BCUT2D eigenvalue weighted by atomic mass is 31.3. The molecular formula is C29H38O7P2. The molecule has 0 bridgehead atoms. The van der Waals surface area contributed by atoms with E-state index in [1.165, 1.54) is 17.2 Å². The molecule has 0 fully saturated rings. The predicted molar refractivity (Wildman–Crippen MR) is 152 cm³/mol. The maximum absolute atomic E-state index is 12.7. The molecule has 0 spiro atoms. The molecular weight excluding hydrogens is 522 g/mol. The monoisotopic (exact) mass is 560 g/mol. The molecule has 2 atom stereocenters. The summed E-state index contributed by atoms with van der Waals surface area (Å²) in [5.74, 6) is -0.242. The lowest BCUT2D eigenvalue weighted by Crippen LogP contribution is -2.02. The first-order chi connectivity index (χ1) is 17.9. The van der Waals surface area contributed by atoms with E-state index in [0.29, 0.717) is 16.7 Å². The Labute approximate surface area is 226 Å². The van der Waals surface area contributed by atoms with Crippen molar-refractivity contribution < 1.29 is 32.5 Å². The maximum atomic E-state index is 12.7. The van der Waals surface area contributed by atoms with Crippen LogP contribution in [0.4, 0.5) is 0 Å². The van der Waals surface area contributed by atoms with Crippen LogP contribution in [0.25, 0.3) is 0 Å². The Morgan fingerprint density at radius 1 is 0.816 bits per heavy atom. The Balaban J connectivity index is 1.87. The molecule has 0 radical (unpaired) electrons. The third kappa shape index (κ3) is 12.4. The van der Waals surface area contributed by atoms with Crippen LogP contribution in [-0.2, 0) is 24.1 Å². The van der Waals surface area contributed by atoms with Crippen molar-refractivity contribution >= 4 is 21.2 Å². The Bertz CT molecular complexity index is 1260. The lowest BCUT2D eigenvalue weighted by atomic mass is 10.0. The number of carbonyl (C=O) groups excluding carboxylic acids is 1. The summed E-state index contributed by atoms with van der Waals surface area (Å²) in [6, 6.07) is 14.8. The minimum absolute atomic E-state index is 0.232. The van der Waals surface area contributed by atoms with Crippen molar-refractivity contribution in [3.8, 4) is 0 Å². The number of hydrogen-bond donors (Lipinski definition) is 2. The molecule has 2 rings (SSSR count). The summed E-state index contributed by atoms with van der Waals surface area (Å²) >= 11 is 0. The Kier molecular flexibility index (Phi) is 12.8. The molecule has 7 nitrogen and oxygen atoms in total. The zero-order chi connectivity index (χ0) is 28.2. The first kappa shape index (κ1) is 31.8. The predicted octanol–water partition coefficient (Wildman–Crippen LogP) is 8.16. The fraction of sp³-hybridized carbons (Fsp3) is 0.345. The molecule has 0 aliphatic heterocycles. The van der Waals surface area contributed by atoms with Gasteiger partial charge in [0.1, 0.15) is 0 Å². The maximum Gasteiger partial charge on any atom is 0.479 e. The normalized spacial score (nSPS) is 15.4. The van der Waals surface area contributed by atoms with Gasteiger partial charge in [-0.1, -0.05) is 83.5 Å². The van der Waals surface area contributed by atoms with Crippen molar-refractivity contribution in [3.05, 3.63) is 106 Å². The molecule has 38 heavy (non-hydrogen) atoms. The van der Waals surface area contributed by atoms with Gasteiger partial charge in [-0.15, -0.1) is 0 Å². The van der Waals surface area contributed by atoms with Crippen molar-refractivity contribution in [1.29, 1.82) is 0 Å². The third-order valence-electron chi connectivity index (χ3n) is 5.63. The van der Waals surface area contributed by atoms with Gasteiger partial charge in [-0.05, 0) is 65.0 Å². The summed E-state index contributed by atoms with van der Waals surface area (Å²) in [5.41, 5.74) is 4.71. The highest BCUT2D eigenvalue weighted by Gasteiger charge is 2.33.